The molecule has 0 saturated carbocycles. The van der Waals surface area contributed by atoms with E-state index in [2.05, 4.69) is 9.97 Å². The Morgan fingerprint density at radius 2 is 2.18 bits per heavy atom. The van der Waals surface area contributed by atoms with Gasteiger partial charge in [0.2, 0.25) is 0 Å². The molecule has 0 aliphatic carbocycles. The Morgan fingerprint density at radius 3 is 2.64 bits per heavy atom. The van der Waals surface area contributed by atoms with Gasteiger partial charge in [0.25, 0.3) is 0 Å². The van der Waals surface area contributed by atoms with Crippen LogP contribution in [0, 0.1) is 0 Å². The monoisotopic (exact) mass is 154 g/mol. The Morgan fingerprint density at radius 1 is 1.55 bits per heavy atom. The first-order valence-corrected chi connectivity index (χ1v) is 3.30. The molecule has 11 heavy (non-hydrogen) atoms. The summed E-state index contributed by atoms with van der Waals surface area (Å²) in [6, 6.07) is 0. The van der Waals surface area contributed by atoms with E-state index in [9.17, 15) is 0 Å². The van der Waals surface area contributed by atoms with Crippen molar-refractivity contribution >= 4 is 0 Å². The van der Waals surface area contributed by atoms with Gasteiger partial charge in [0.15, 0.2) is 5.75 Å². The third-order valence-corrected chi connectivity index (χ3v) is 1.56. The third-order valence-electron chi connectivity index (χ3n) is 1.56. The van der Waals surface area contributed by atoms with Crippen molar-refractivity contribution in [3.8, 4) is 5.75 Å². The van der Waals surface area contributed by atoms with Crippen LogP contribution in [0.25, 0.3) is 0 Å². The molecule has 1 N–H and O–H groups in total. The molecule has 1 aromatic heterocycles. The molecular formula is C7H8N2O2. The van der Waals surface area contributed by atoms with Crippen LogP contribution in [0.2, 0.25) is 0 Å². The fraction of sp³-hybridized carbons (Fsp3) is 0.429. The maximum atomic E-state index is 9.07. The first-order valence-electron chi connectivity index (χ1n) is 4.30. The number of aromatic hydroxyl groups is 1. The average Bonchev–Trinajstić information content (AvgIpc) is 1.96. The van der Waals surface area contributed by atoms with Crippen LogP contribution in [0.4, 0.5) is 0 Å². The van der Waals surface area contributed by atoms with Crippen molar-refractivity contribution in [2.75, 3.05) is 13.2 Å². The molecule has 0 spiro atoms. The summed E-state index contributed by atoms with van der Waals surface area (Å²) >= 11 is 0. The molecule has 2 heterocycles. The highest BCUT2D eigenvalue weighted by Gasteiger charge is 2.22. The lowest BCUT2D eigenvalue weighted by molar-refractivity contribution is 0.00479. The molecule has 4 nitrogen and oxygen atoms in total. The standard InChI is InChI=1S/C7H8N2O2/c10-6-1-8-7(9-2-6)5-3-11-4-5/h1-2,5,10H,3-4H2/i1D,2D. The quantitative estimate of drug-likeness (QED) is 0.632. The van der Waals surface area contributed by atoms with Crippen LogP contribution in [-0.2, 0) is 4.74 Å². The first kappa shape index (κ1) is 4.66. The van der Waals surface area contributed by atoms with Crippen LogP contribution in [0.3, 0.4) is 0 Å². The molecule has 4 heteroatoms. The molecule has 1 aromatic rings. The van der Waals surface area contributed by atoms with Crippen molar-refractivity contribution in [1.82, 2.24) is 9.97 Å². The molecule has 0 unspecified atom stereocenters. The van der Waals surface area contributed by atoms with E-state index >= 15 is 0 Å². The highest BCUT2D eigenvalue weighted by Crippen LogP contribution is 2.20. The van der Waals surface area contributed by atoms with Crippen LogP contribution >= 0.6 is 0 Å². The predicted molar refractivity (Wildman–Crippen MR) is 37.3 cm³/mol. The fourth-order valence-corrected chi connectivity index (χ4v) is 0.838. The van der Waals surface area contributed by atoms with Crippen LogP contribution in [0.15, 0.2) is 12.3 Å². The number of hydrogen-bond acceptors (Lipinski definition) is 4. The summed E-state index contributed by atoms with van der Waals surface area (Å²) < 4.78 is 19.4. The molecule has 0 aromatic carbocycles. The minimum atomic E-state index is -0.469. The van der Waals surface area contributed by atoms with Gasteiger partial charge in [-0.05, 0) is 0 Å². The van der Waals surface area contributed by atoms with Gasteiger partial charge in [0.05, 0.1) is 34.2 Å². The van der Waals surface area contributed by atoms with E-state index in [0.717, 1.165) is 0 Å². The molecule has 0 amide bonds. The summed E-state index contributed by atoms with van der Waals surface area (Å²) in [6.07, 6.45) is -0.580. The van der Waals surface area contributed by atoms with Crippen molar-refractivity contribution in [1.29, 1.82) is 0 Å². The maximum absolute atomic E-state index is 9.07. The summed E-state index contributed by atoms with van der Waals surface area (Å²) in [7, 11) is 0. The minimum absolute atomic E-state index is 0.0776. The molecule has 58 valence electrons. The largest absolute Gasteiger partial charge is 0.505 e. The van der Waals surface area contributed by atoms with Crippen molar-refractivity contribution in [2.45, 2.75) is 5.92 Å². The Labute approximate surface area is 66.7 Å². The molecule has 2 rings (SSSR count). The van der Waals surface area contributed by atoms with E-state index in [-0.39, 0.29) is 18.3 Å². The molecule has 1 saturated heterocycles. The first-order chi connectivity index (χ1) is 6.18. The van der Waals surface area contributed by atoms with Crippen molar-refractivity contribution in [3.05, 3.63) is 18.2 Å². The fourth-order valence-electron chi connectivity index (χ4n) is 0.838. The van der Waals surface area contributed by atoms with Crippen LogP contribution < -0.4 is 0 Å². The Kier molecular flexibility index (Phi) is 1.05. The zero-order chi connectivity index (χ0) is 9.42. The lowest BCUT2D eigenvalue weighted by Gasteiger charge is -2.23. The zero-order valence-corrected chi connectivity index (χ0v) is 5.74. The Hall–Kier alpha value is -1.16. The van der Waals surface area contributed by atoms with Crippen molar-refractivity contribution in [2.24, 2.45) is 0 Å². The predicted octanol–water partition coefficient (Wildman–Crippen LogP) is 0.296. The zero-order valence-electron chi connectivity index (χ0n) is 7.74. The topological polar surface area (TPSA) is 55.2 Å². The maximum Gasteiger partial charge on any atom is 0.152 e. The lowest BCUT2D eigenvalue weighted by Crippen LogP contribution is -2.26. The van der Waals surface area contributed by atoms with Gasteiger partial charge in [-0.25, -0.2) is 9.97 Å². The van der Waals surface area contributed by atoms with E-state index in [1.807, 2.05) is 0 Å². The second-order valence-electron chi connectivity index (χ2n) is 2.39. The number of aromatic nitrogens is 2. The van der Waals surface area contributed by atoms with Crippen molar-refractivity contribution < 1.29 is 12.6 Å². The van der Waals surface area contributed by atoms with E-state index < -0.39 is 5.75 Å². The summed E-state index contributed by atoms with van der Waals surface area (Å²) in [6.45, 7) is 1.06. The third kappa shape index (κ3) is 1.17. The van der Waals surface area contributed by atoms with E-state index in [1.165, 1.54) is 0 Å². The molecule has 0 atom stereocenters. The summed E-state index contributed by atoms with van der Waals surface area (Å²) in [5.41, 5.74) is 0. The summed E-state index contributed by atoms with van der Waals surface area (Å²) in [5, 5.41) is 9.07. The lowest BCUT2D eigenvalue weighted by atomic mass is 10.1. The second kappa shape index (κ2) is 2.47. The van der Waals surface area contributed by atoms with E-state index in [4.69, 9.17) is 12.6 Å². The highest BCUT2D eigenvalue weighted by atomic mass is 16.5. The molecular weight excluding hydrogens is 144 g/mol. The average molecular weight is 154 g/mol. The van der Waals surface area contributed by atoms with Crippen LogP contribution in [-0.4, -0.2) is 28.3 Å². The number of rotatable bonds is 1. The smallest absolute Gasteiger partial charge is 0.152 e. The Balaban J connectivity index is 2.37. The molecule has 1 aliphatic rings. The SMILES string of the molecule is [2H]c1nc(C2COC2)nc([2H])c1O. The van der Waals surface area contributed by atoms with Crippen LogP contribution in [0.1, 0.15) is 14.5 Å². The van der Waals surface area contributed by atoms with Gasteiger partial charge in [0, 0.05) is 0 Å². The van der Waals surface area contributed by atoms with E-state index in [0.29, 0.717) is 19.0 Å². The molecule has 1 fully saturated rings. The minimum Gasteiger partial charge on any atom is -0.505 e. The Bertz CT molecular complexity index is 318. The molecule has 0 bridgehead atoms. The van der Waals surface area contributed by atoms with Gasteiger partial charge in [-0.2, -0.15) is 0 Å². The number of ether oxygens (including phenoxy) is 1. The van der Waals surface area contributed by atoms with Gasteiger partial charge < -0.3 is 9.84 Å². The van der Waals surface area contributed by atoms with E-state index in [1.54, 1.807) is 0 Å². The summed E-state index contributed by atoms with van der Waals surface area (Å²) in [4.78, 5) is 7.52. The molecule has 0 radical (unpaired) electrons. The van der Waals surface area contributed by atoms with Gasteiger partial charge in [-0.1, -0.05) is 0 Å². The molecule has 1 aliphatic heterocycles. The normalized spacial score (nSPS) is 20.4. The van der Waals surface area contributed by atoms with Gasteiger partial charge in [-0.3, -0.25) is 0 Å². The van der Waals surface area contributed by atoms with Crippen LogP contribution in [0.5, 0.6) is 5.75 Å². The summed E-state index contributed by atoms with van der Waals surface area (Å²) in [5.74, 6) is 0.0249. The van der Waals surface area contributed by atoms with Gasteiger partial charge in [0.1, 0.15) is 5.82 Å². The number of nitrogens with zero attached hydrogens (tertiary/aromatic N) is 2. The number of hydrogen-bond donors (Lipinski definition) is 1. The van der Waals surface area contributed by atoms with Gasteiger partial charge >= 0.3 is 0 Å². The second-order valence-corrected chi connectivity index (χ2v) is 2.39. The highest BCUT2D eigenvalue weighted by molar-refractivity contribution is 5.12. The van der Waals surface area contributed by atoms with Gasteiger partial charge in [-0.15, -0.1) is 0 Å². The van der Waals surface area contributed by atoms with Crippen molar-refractivity contribution in [3.63, 3.8) is 0 Å².